The van der Waals surface area contributed by atoms with Crippen molar-refractivity contribution in [1.29, 1.82) is 0 Å². The second-order valence-corrected chi connectivity index (χ2v) is 6.60. The van der Waals surface area contributed by atoms with Gasteiger partial charge in [0.25, 0.3) is 0 Å². The minimum Gasteiger partial charge on any atom is -0.409 e. The van der Waals surface area contributed by atoms with Gasteiger partial charge in [0, 0.05) is 38.9 Å². The van der Waals surface area contributed by atoms with E-state index in [-0.39, 0.29) is 17.1 Å². The number of pyridine rings is 1. The summed E-state index contributed by atoms with van der Waals surface area (Å²) in [5, 5.41) is 0. The molecule has 2 heterocycles. The molecule has 1 saturated heterocycles. The first-order valence-corrected chi connectivity index (χ1v) is 8.98. The van der Waals surface area contributed by atoms with Gasteiger partial charge in [0.05, 0.1) is 11.8 Å². The number of piperazine rings is 1. The van der Waals surface area contributed by atoms with Gasteiger partial charge in [-0.15, -0.1) is 13.2 Å². The molecule has 1 aromatic heterocycles. The van der Waals surface area contributed by atoms with Crippen LogP contribution in [0.3, 0.4) is 0 Å². The third-order valence-corrected chi connectivity index (χ3v) is 4.37. The van der Waals surface area contributed by atoms with Crippen molar-refractivity contribution in [3.05, 3.63) is 53.9 Å². The number of amides is 2. The summed E-state index contributed by atoms with van der Waals surface area (Å²) in [5.74, 6) is -0.840. The van der Waals surface area contributed by atoms with E-state index >= 15 is 0 Å². The summed E-state index contributed by atoms with van der Waals surface area (Å²) < 4.78 is 46.3. The molecule has 0 radical (unpaired) electrons. The molecule has 0 atom stereocenters. The van der Waals surface area contributed by atoms with Crippen LogP contribution in [0, 0.1) is 0 Å². The first kappa shape index (κ1) is 21.4. The zero-order valence-electron chi connectivity index (χ0n) is 15.8. The molecule has 2 amide bonds. The van der Waals surface area contributed by atoms with Gasteiger partial charge < -0.3 is 20.1 Å². The summed E-state index contributed by atoms with van der Waals surface area (Å²) in [4.78, 5) is 30.8. The maximum absolute atomic E-state index is 12.4. The molecule has 0 bridgehead atoms. The van der Waals surface area contributed by atoms with Crippen LogP contribution in [0.25, 0.3) is 0 Å². The monoisotopic (exact) mass is 424 g/mol. The van der Waals surface area contributed by atoms with Crippen LogP contribution in [0.2, 0.25) is 0 Å². The Morgan fingerprint density at radius 1 is 1.07 bits per heavy atom. The van der Waals surface area contributed by atoms with Crippen molar-refractivity contribution in [3.8, 4) is 11.5 Å². The molecule has 2 N–H and O–H groups in total. The Morgan fingerprint density at radius 2 is 1.80 bits per heavy atom. The molecule has 3 rings (SSSR count). The summed E-state index contributed by atoms with van der Waals surface area (Å²) >= 11 is 0. The molecule has 11 heteroatoms. The molecule has 1 aliphatic heterocycles. The zero-order chi connectivity index (χ0) is 21.7. The fraction of sp³-hybridized carbons (Fsp3) is 0.316. The van der Waals surface area contributed by atoms with E-state index < -0.39 is 18.4 Å². The van der Waals surface area contributed by atoms with Crippen LogP contribution in [0.15, 0.2) is 42.7 Å². The van der Waals surface area contributed by atoms with Crippen LogP contribution in [-0.2, 0) is 6.54 Å². The van der Waals surface area contributed by atoms with Gasteiger partial charge in [-0.3, -0.25) is 14.7 Å². The number of halogens is 3. The Hall–Kier alpha value is -3.34. The normalized spacial score (nSPS) is 15.0. The standard InChI is InChI=1S/C19H19F3N4O4/c20-19(21,22)30-15-3-1-2-13(8-15)12-25-4-6-26(7-5-25)18(28)29-16-9-14(17(23)27)10-24-11-16/h1-3,8-11H,4-7,12H2,(H2,23,27). The predicted octanol–water partition coefficient (Wildman–Crippen LogP) is 2.40. The minimum absolute atomic E-state index is 0.111. The first-order chi connectivity index (χ1) is 14.2. The molecular formula is C19H19F3N4O4. The molecule has 0 unspecified atom stereocenters. The Balaban J connectivity index is 1.51. The van der Waals surface area contributed by atoms with E-state index in [2.05, 4.69) is 9.72 Å². The number of benzene rings is 1. The van der Waals surface area contributed by atoms with Crippen LogP contribution < -0.4 is 15.2 Å². The number of primary amides is 1. The van der Waals surface area contributed by atoms with Gasteiger partial charge in [-0.05, 0) is 23.8 Å². The number of alkyl halides is 3. The van der Waals surface area contributed by atoms with Crippen molar-refractivity contribution in [2.45, 2.75) is 12.9 Å². The number of nitrogens with zero attached hydrogens (tertiary/aromatic N) is 3. The minimum atomic E-state index is -4.74. The molecule has 0 saturated carbocycles. The number of carbonyl (C=O) groups excluding carboxylic acids is 2. The summed E-state index contributed by atoms with van der Waals surface area (Å²) in [6, 6.07) is 7.13. The number of rotatable bonds is 5. The Morgan fingerprint density at radius 3 is 2.47 bits per heavy atom. The Labute approximate surface area is 170 Å². The van der Waals surface area contributed by atoms with Gasteiger partial charge in [0.1, 0.15) is 5.75 Å². The van der Waals surface area contributed by atoms with Crippen molar-refractivity contribution in [2.24, 2.45) is 5.73 Å². The van der Waals surface area contributed by atoms with Gasteiger partial charge in [-0.2, -0.15) is 0 Å². The SMILES string of the molecule is NC(=O)c1cncc(OC(=O)N2CCN(Cc3cccc(OC(F)(F)F)c3)CC2)c1. The average Bonchev–Trinajstić information content (AvgIpc) is 2.67. The van der Waals surface area contributed by atoms with E-state index in [9.17, 15) is 22.8 Å². The Kier molecular flexibility index (Phi) is 6.40. The number of nitrogens with two attached hydrogens (primary N) is 1. The molecule has 8 nitrogen and oxygen atoms in total. The number of ether oxygens (including phenoxy) is 2. The van der Waals surface area contributed by atoms with E-state index in [0.717, 1.165) is 0 Å². The first-order valence-electron chi connectivity index (χ1n) is 8.98. The third-order valence-electron chi connectivity index (χ3n) is 4.37. The van der Waals surface area contributed by atoms with Crippen molar-refractivity contribution in [3.63, 3.8) is 0 Å². The summed E-state index contributed by atoms with van der Waals surface area (Å²) in [6.45, 7) is 2.20. The van der Waals surface area contributed by atoms with E-state index in [4.69, 9.17) is 10.5 Å². The molecule has 30 heavy (non-hydrogen) atoms. The number of carbonyl (C=O) groups is 2. The van der Waals surface area contributed by atoms with Crippen molar-refractivity contribution >= 4 is 12.0 Å². The molecule has 1 aliphatic rings. The predicted molar refractivity (Wildman–Crippen MR) is 98.8 cm³/mol. The van der Waals surface area contributed by atoms with Gasteiger partial charge in [0.2, 0.25) is 5.91 Å². The maximum atomic E-state index is 12.4. The van der Waals surface area contributed by atoms with Gasteiger partial charge in [0.15, 0.2) is 5.75 Å². The fourth-order valence-corrected chi connectivity index (χ4v) is 2.96. The lowest BCUT2D eigenvalue weighted by atomic mass is 10.2. The van der Waals surface area contributed by atoms with E-state index in [1.165, 1.54) is 41.6 Å². The van der Waals surface area contributed by atoms with Crippen LogP contribution in [-0.4, -0.2) is 59.3 Å². The largest absolute Gasteiger partial charge is 0.573 e. The smallest absolute Gasteiger partial charge is 0.409 e. The molecular weight excluding hydrogens is 405 g/mol. The molecule has 1 aromatic carbocycles. The van der Waals surface area contributed by atoms with Gasteiger partial charge >= 0.3 is 12.5 Å². The molecule has 1 fully saturated rings. The zero-order valence-corrected chi connectivity index (χ0v) is 15.8. The lowest BCUT2D eigenvalue weighted by Crippen LogP contribution is -2.49. The maximum Gasteiger partial charge on any atom is 0.573 e. The lowest BCUT2D eigenvalue weighted by molar-refractivity contribution is -0.274. The lowest BCUT2D eigenvalue weighted by Gasteiger charge is -2.34. The van der Waals surface area contributed by atoms with Crippen molar-refractivity contribution in [2.75, 3.05) is 26.2 Å². The number of hydrogen-bond acceptors (Lipinski definition) is 6. The molecule has 0 aliphatic carbocycles. The highest BCUT2D eigenvalue weighted by atomic mass is 19.4. The number of aromatic nitrogens is 1. The van der Waals surface area contributed by atoms with E-state index in [1.807, 2.05) is 4.90 Å². The van der Waals surface area contributed by atoms with Crippen molar-refractivity contribution in [1.82, 2.24) is 14.8 Å². The second-order valence-electron chi connectivity index (χ2n) is 6.60. The third kappa shape index (κ3) is 6.08. The van der Waals surface area contributed by atoms with Gasteiger partial charge in [-0.25, -0.2) is 4.79 Å². The van der Waals surface area contributed by atoms with Crippen LogP contribution >= 0.6 is 0 Å². The van der Waals surface area contributed by atoms with Gasteiger partial charge in [-0.1, -0.05) is 12.1 Å². The number of hydrogen-bond donors (Lipinski definition) is 1. The average molecular weight is 424 g/mol. The molecule has 160 valence electrons. The van der Waals surface area contributed by atoms with Crippen LogP contribution in [0.4, 0.5) is 18.0 Å². The quantitative estimate of drug-likeness (QED) is 0.792. The second kappa shape index (κ2) is 8.99. The molecule has 2 aromatic rings. The summed E-state index contributed by atoms with van der Waals surface area (Å²) in [6.07, 6.45) is -2.75. The summed E-state index contributed by atoms with van der Waals surface area (Å²) in [7, 11) is 0. The molecule has 0 spiro atoms. The fourth-order valence-electron chi connectivity index (χ4n) is 2.96. The Bertz CT molecular complexity index is 915. The van der Waals surface area contributed by atoms with Crippen LogP contribution in [0.1, 0.15) is 15.9 Å². The van der Waals surface area contributed by atoms with Crippen LogP contribution in [0.5, 0.6) is 11.5 Å². The summed E-state index contributed by atoms with van der Waals surface area (Å²) in [5.41, 5.74) is 5.97. The van der Waals surface area contributed by atoms with E-state index in [0.29, 0.717) is 38.3 Å². The topological polar surface area (TPSA) is 98.0 Å². The highest BCUT2D eigenvalue weighted by Crippen LogP contribution is 2.24. The van der Waals surface area contributed by atoms with E-state index in [1.54, 1.807) is 6.07 Å². The highest BCUT2D eigenvalue weighted by molar-refractivity contribution is 5.92. The van der Waals surface area contributed by atoms with Crippen molar-refractivity contribution < 1.29 is 32.2 Å². The highest BCUT2D eigenvalue weighted by Gasteiger charge is 2.31.